The molecule has 84 valence electrons. The number of nitrogens with one attached hydrogen (secondary N) is 2. The number of aromatic nitrogens is 4. The highest BCUT2D eigenvalue weighted by molar-refractivity contribution is 6.30. The molecule has 6 heteroatoms. The lowest BCUT2D eigenvalue weighted by Crippen LogP contribution is -2.18. The molecule has 1 aromatic carbocycles. The second-order valence-corrected chi connectivity index (χ2v) is 4.01. The highest BCUT2D eigenvalue weighted by atomic mass is 35.5. The molecule has 0 saturated heterocycles. The molecule has 0 bridgehead atoms. The molecule has 0 atom stereocenters. The fraction of sp³-hybridized carbons (Fsp3) is 0. The van der Waals surface area contributed by atoms with Gasteiger partial charge in [-0.25, -0.2) is 4.98 Å². The largest absolute Gasteiger partial charge is 0.285 e. The molecule has 0 saturated carbocycles. The van der Waals surface area contributed by atoms with Crippen molar-refractivity contribution in [2.45, 2.75) is 0 Å². The predicted octanol–water partition coefficient (Wildman–Crippen LogP) is 1.88. The van der Waals surface area contributed by atoms with E-state index in [1.807, 2.05) is 12.1 Å². The zero-order valence-corrected chi connectivity index (χ0v) is 9.44. The number of H-pyrrole nitrogens is 1. The lowest BCUT2D eigenvalue weighted by atomic mass is 10.3. The summed E-state index contributed by atoms with van der Waals surface area (Å²) in [5.41, 5.74) is 1.73. The van der Waals surface area contributed by atoms with Crippen molar-refractivity contribution in [2.75, 3.05) is 0 Å². The van der Waals surface area contributed by atoms with Gasteiger partial charge >= 0.3 is 0 Å². The van der Waals surface area contributed by atoms with Crippen molar-refractivity contribution in [3.63, 3.8) is 0 Å². The number of benzene rings is 1. The van der Waals surface area contributed by atoms with E-state index in [2.05, 4.69) is 15.2 Å². The first-order valence-corrected chi connectivity index (χ1v) is 5.35. The summed E-state index contributed by atoms with van der Waals surface area (Å²) >= 11 is 5.93. The summed E-state index contributed by atoms with van der Waals surface area (Å²) in [7, 11) is 0. The van der Waals surface area contributed by atoms with Gasteiger partial charge in [0.2, 0.25) is 0 Å². The number of aromatic amines is 1. The van der Waals surface area contributed by atoms with Crippen LogP contribution >= 0.6 is 11.6 Å². The molecule has 2 heterocycles. The zero-order valence-electron chi connectivity index (χ0n) is 8.68. The fourth-order valence-corrected chi connectivity index (χ4v) is 1.86. The lowest BCUT2D eigenvalue weighted by molar-refractivity contribution is 0.908. The SMILES string of the molecule is N=c1c2cn[nH]c2ncn1-c1cccc(Cl)c1. The van der Waals surface area contributed by atoms with Crippen molar-refractivity contribution in [1.29, 1.82) is 5.41 Å². The van der Waals surface area contributed by atoms with E-state index in [0.717, 1.165) is 5.69 Å². The molecule has 3 rings (SSSR count). The quantitative estimate of drug-likeness (QED) is 0.687. The summed E-state index contributed by atoms with van der Waals surface area (Å²) < 4.78 is 1.66. The van der Waals surface area contributed by atoms with E-state index in [1.165, 1.54) is 0 Å². The number of rotatable bonds is 1. The Hall–Kier alpha value is -2.14. The Morgan fingerprint density at radius 1 is 1.35 bits per heavy atom. The molecule has 5 nitrogen and oxygen atoms in total. The van der Waals surface area contributed by atoms with Crippen LogP contribution in [-0.4, -0.2) is 19.7 Å². The maximum absolute atomic E-state index is 8.08. The maximum Gasteiger partial charge on any atom is 0.160 e. The van der Waals surface area contributed by atoms with Crippen LogP contribution in [0.4, 0.5) is 0 Å². The first kappa shape index (κ1) is 10.0. The second kappa shape index (κ2) is 3.71. The number of halogens is 1. The summed E-state index contributed by atoms with van der Waals surface area (Å²) in [5, 5.41) is 16.0. The van der Waals surface area contributed by atoms with Crippen LogP contribution in [0, 0.1) is 5.41 Å². The fourth-order valence-electron chi connectivity index (χ4n) is 1.68. The molecular formula is C11H8ClN5. The summed E-state index contributed by atoms with van der Waals surface area (Å²) in [6.07, 6.45) is 3.17. The van der Waals surface area contributed by atoms with E-state index >= 15 is 0 Å². The minimum Gasteiger partial charge on any atom is -0.285 e. The number of hydrogen-bond donors (Lipinski definition) is 2. The Bertz CT molecular complexity index is 743. The molecular weight excluding hydrogens is 238 g/mol. The van der Waals surface area contributed by atoms with Crippen LogP contribution < -0.4 is 5.49 Å². The third kappa shape index (κ3) is 1.60. The van der Waals surface area contributed by atoms with Gasteiger partial charge in [0.15, 0.2) is 5.65 Å². The molecule has 0 amide bonds. The van der Waals surface area contributed by atoms with Crippen LogP contribution in [0.5, 0.6) is 0 Å². The van der Waals surface area contributed by atoms with Crippen molar-refractivity contribution in [2.24, 2.45) is 0 Å². The molecule has 2 aromatic heterocycles. The standard InChI is InChI=1S/C11H8ClN5/c12-7-2-1-3-8(4-7)17-6-14-11-9(10(17)13)5-15-16-11/h1-6,13H,(H,15,16). The Labute approximate surface area is 101 Å². The average molecular weight is 246 g/mol. The monoisotopic (exact) mass is 245 g/mol. The van der Waals surface area contributed by atoms with Gasteiger partial charge in [-0.15, -0.1) is 0 Å². The first-order valence-electron chi connectivity index (χ1n) is 4.97. The van der Waals surface area contributed by atoms with Crippen molar-refractivity contribution in [1.82, 2.24) is 19.7 Å². The van der Waals surface area contributed by atoms with Gasteiger partial charge in [-0.3, -0.25) is 15.1 Å². The van der Waals surface area contributed by atoms with Crippen LogP contribution in [0.2, 0.25) is 5.02 Å². The van der Waals surface area contributed by atoms with Gasteiger partial charge in [-0.05, 0) is 18.2 Å². The van der Waals surface area contributed by atoms with Crippen LogP contribution in [0.15, 0.2) is 36.8 Å². The summed E-state index contributed by atoms with van der Waals surface area (Å²) in [5.74, 6) is 0. The molecule has 0 aliphatic rings. The van der Waals surface area contributed by atoms with Crippen molar-refractivity contribution < 1.29 is 0 Å². The summed E-state index contributed by atoms with van der Waals surface area (Å²) in [6, 6.07) is 7.29. The highest BCUT2D eigenvalue weighted by Crippen LogP contribution is 2.13. The van der Waals surface area contributed by atoms with E-state index in [0.29, 0.717) is 21.5 Å². The third-order valence-electron chi connectivity index (χ3n) is 2.50. The molecule has 0 spiro atoms. The van der Waals surface area contributed by atoms with E-state index in [9.17, 15) is 0 Å². The highest BCUT2D eigenvalue weighted by Gasteiger charge is 2.04. The number of fused-ring (bicyclic) bond motifs is 1. The smallest absolute Gasteiger partial charge is 0.160 e. The van der Waals surface area contributed by atoms with E-state index in [4.69, 9.17) is 17.0 Å². The average Bonchev–Trinajstić information content (AvgIpc) is 2.78. The molecule has 0 unspecified atom stereocenters. The number of hydrogen-bond acceptors (Lipinski definition) is 3. The maximum atomic E-state index is 8.08. The Balaban J connectivity index is 2.31. The predicted molar refractivity (Wildman–Crippen MR) is 64.1 cm³/mol. The Kier molecular flexibility index (Phi) is 2.19. The van der Waals surface area contributed by atoms with Crippen LogP contribution in [-0.2, 0) is 0 Å². The summed E-state index contributed by atoms with van der Waals surface area (Å²) in [6.45, 7) is 0. The third-order valence-corrected chi connectivity index (χ3v) is 2.74. The van der Waals surface area contributed by atoms with E-state index < -0.39 is 0 Å². The van der Waals surface area contributed by atoms with Gasteiger partial charge in [-0.2, -0.15) is 5.10 Å². The molecule has 3 aromatic rings. The summed E-state index contributed by atoms with van der Waals surface area (Å²) in [4.78, 5) is 4.19. The van der Waals surface area contributed by atoms with Crippen LogP contribution in [0.25, 0.3) is 16.7 Å². The molecule has 0 aliphatic carbocycles. The van der Waals surface area contributed by atoms with E-state index in [1.54, 1.807) is 29.2 Å². The zero-order chi connectivity index (χ0) is 11.8. The Morgan fingerprint density at radius 3 is 3.06 bits per heavy atom. The van der Waals surface area contributed by atoms with Crippen LogP contribution in [0.1, 0.15) is 0 Å². The normalized spacial score (nSPS) is 10.9. The van der Waals surface area contributed by atoms with Gasteiger partial charge in [-0.1, -0.05) is 17.7 Å². The van der Waals surface area contributed by atoms with Crippen LogP contribution in [0.3, 0.4) is 0 Å². The molecule has 0 aliphatic heterocycles. The van der Waals surface area contributed by atoms with Gasteiger partial charge in [0.25, 0.3) is 0 Å². The molecule has 0 radical (unpaired) electrons. The Morgan fingerprint density at radius 2 is 2.24 bits per heavy atom. The topological polar surface area (TPSA) is 70.3 Å². The number of nitrogens with zero attached hydrogens (tertiary/aromatic N) is 3. The minimum absolute atomic E-state index is 0.325. The first-order chi connectivity index (χ1) is 8.25. The van der Waals surface area contributed by atoms with Crippen molar-refractivity contribution >= 4 is 22.6 Å². The lowest BCUT2D eigenvalue weighted by Gasteiger charge is -2.06. The molecule has 0 fully saturated rings. The second-order valence-electron chi connectivity index (χ2n) is 3.58. The van der Waals surface area contributed by atoms with Crippen molar-refractivity contribution in [3.05, 3.63) is 47.3 Å². The minimum atomic E-state index is 0.325. The van der Waals surface area contributed by atoms with Gasteiger partial charge in [0.1, 0.15) is 11.8 Å². The van der Waals surface area contributed by atoms with Gasteiger partial charge in [0.05, 0.1) is 11.6 Å². The van der Waals surface area contributed by atoms with E-state index in [-0.39, 0.29) is 0 Å². The van der Waals surface area contributed by atoms with Gasteiger partial charge in [0, 0.05) is 10.7 Å². The molecule has 17 heavy (non-hydrogen) atoms. The van der Waals surface area contributed by atoms with Crippen molar-refractivity contribution in [3.8, 4) is 5.69 Å². The molecule has 2 N–H and O–H groups in total. The van der Waals surface area contributed by atoms with Gasteiger partial charge < -0.3 is 0 Å².